The van der Waals surface area contributed by atoms with Crippen LogP contribution in [0.4, 0.5) is 4.79 Å². The van der Waals surface area contributed by atoms with E-state index >= 15 is 0 Å². The summed E-state index contributed by atoms with van der Waals surface area (Å²) in [6.45, 7) is 1.77. The summed E-state index contributed by atoms with van der Waals surface area (Å²) in [5.74, 6) is 0. The lowest BCUT2D eigenvalue weighted by atomic mass is 10.1. The van der Waals surface area contributed by atoms with Crippen LogP contribution in [0.3, 0.4) is 0 Å². The van der Waals surface area contributed by atoms with Gasteiger partial charge >= 0.3 is 6.09 Å². The standard InChI is InChI=1S/C16H16N2O2/c19-16-18(9-4-10-20-16)12-15-8-7-14(11-17-15)13-5-2-1-3-6-13/h1-3,5-8,11H,4,9-10,12H2. The molecule has 1 saturated heterocycles. The first-order valence-corrected chi connectivity index (χ1v) is 6.75. The number of pyridine rings is 1. The Morgan fingerprint density at radius 2 is 1.95 bits per heavy atom. The highest BCUT2D eigenvalue weighted by Crippen LogP contribution is 2.18. The molecule has 2 heterocycles. The molecule has 0 unspecified atom stereocenters. The zero-order chi connectivity index (χ0) is 13.8. The van der Waals surface area contributed by atoms with Crippen molar-refractivity contribution < 1.29 is 9.53 Å². The maximum Gasteiger partial charge on any atom is 0.410 e. The minimum Gasteiger partial charge on any atom is -0.449 e. The molecule has 0 N–H and O–H groups in total. The Hall–Kier alpha value is -2.36. The van der Waals surface area contributed by atoms with Crippen LogP contribution in [0, 0.1) is 0 Å². The number of carbonyl (C=O) groups is 1. The second-order valence-corrected chi connectivity index (χ2v) is 4.79. The number of hydrogen-bond acceptors (Lipinski definition) is 3. The molecule has 0 aliphatic carbocycles. The van der Waals surface area contributed by atoms with Crippen LogP contribution in [0.15, 0.2) is 48.7 Å². The molecule has 2 aromatic rings. The van der Waals surface area contributed by atoms with Gasteiger partial charge < -0.3 is 9.64 Å². The summed E-state index contributed by atoms with van der Waals surface area (Å²) in [6, 6.07) is 14.1. The summed E-state index contributed by atoms with van der Waals surface area (Å²) in [5.41, 5.74) is 3.10. The Bertz CT molecular complexity index is 581. The van der Waals surface area contributed by atoms with E-state index in [1.54, 1.807) is 4.90 Å². The highest BCUT2D eigenvalue weighted by molar-refractivity contribution is 5.68. The number of ether oxygens (including phenoxy) is 1. The van der Waals surface area contributed by atoms with Gasteiger partial charge in [0.05, 0.1) is 18.8 Å². The molecule has 0 bridgehead atoms. The molecule has 0 radical (unpaired) electrons. The van der Waals surface area contributed by atoms with Crippen molar-refractivity contribution in [3.05, 3.63) is 54.4 Å². The molecule has 20 heavy (non-hydrogen) atoms. The van der Waals surface area contributed by atoms with Gasteiger partial charge in [-0.25, -0.2) is 4.79 Å². The second-order valence-electron chi connectivity index (χ2n) is 4.79. The van der Waals surface area contributed by atoms with Crippen molar-refractivity contribution in [3.8, 4) is 11.1 Å². The zero-order valence-corrected chi connectivity index (χ0v) is 11.2. The summed E-state index contributed by atoms with van der Waals surface area (Å²) in [5, 5.41) is 0. The molecular formula is C16H16N2O2. The van der Waals surface area contributed by atoms with E-state index in [4.69, 9.17) is 4.74 Å². The number of rotatable bonds is 3. The average molecular weight is 268 g/mol. The predicted molar refractivity (Wildman–Crippen MR) is 76.0 cm³/mol. The molecule has 4 nitrogen and oxygen atoms in total. The third-order valence-electron chi connectivity index (χ3n) is 3.34. The Morgan fingerprint density at radius 3 is 2.65 bits per heavy atom. The van der Waals surface area contributed by atoms with E-state index in [-0.39, 0.29) is 6.09 Å². The average Bonchev–Trinajstić information content (AvgIpc) is 2.51. The first-order chi connectivity index (χ1) is 9.83. The van der Waals surface area contributed by atoms with Gasteiger partial charge in [0.1, 0.15) is 0 Å². The quantitative estimate of drug-likeness (QED) is 0.859. The van der Waals surface area contributed by atoms with Crippen LogP contribution in [0.25, 0.3) is 11.1 Å². The zero-order valence-electron chi connectivity index (χ0n) is 11.2. The number of aromatic nitrogens is 1. The van der Waals surface area contributed by atoms with Gasteiger partial charge in [-0.1, -0.05) is 36.4 Å². The molecule has 1 fully saturated rings. The van der Waals surface area contributed by atoms with Crippen molar-refractivity contribution in [3.63, 3.8) is 0 Å². The van der Waals surface area contributed by atoms with Crippen molar-refractivity contribution in [1.82, 2.24) is 9.88 Å². The summed E-state index contributed by atoms with van der Waals surface area (Å²) < 4.78 is 5.01. The van der Waals surface area contributed by atoms with Crippen molar-refractivity contribution in [2.75, 3.05) is 13.2 Å². The largest absolute Gasteiger partial charge is 0.449 e. The number of carbonyl (C=O) groups excluding carboxylic acids is 1. The predicted octanol–water partition coefficient (Wildman–Crippen LogP) is 3.09. The van der Waals surface area contributed by atoms with Crippen LogP contribution in [-0.2, 0) is 11.3 Å². The highest BCUT2D eigenvalue weighted by Gasteiger charge is 2.19. The Kier molecular flexibility index (Phi) is 3.63. The third-order valence-corrected chi connectivity index (χ3v) is 3.34. The molecule has 1 aliphatic heterocycles. The molecule has 3 rings (SSSR count). The number of benzene rings is 1. The van der Waals surface area contributed by atoms with Crippen LogP contribution in [-0.4, -0.2) is 29.1 Å². The van der Waals surface area contributed by atoms with Gasteiger partial charge in [-0.2, -0.15) is 0 Å². The van der Waals surface area contributed by atoms with E-state index in [0.29, 0.717) is 13.2 Å². The van der Waals surface area contributed by atoms with E-state index in [0.717, 1.165) is 29.8 Å². The van der Waals surface area contributed by atoms with E-state index in [2.05, 4.69) is 17.1 Å². The van der Waals surface area contributed by atoms with Crippen LogP contribution >= 0.6 is 0 Å². The smallest absolute Gasteiger partial charge is 0.410 e. The van der Waals surface area contributed by atoms with Crippen LogP contribution in [0.2, 0.25) is 0 Å². The first kappa shape index (κ1) is 12.7. The number of hydrogen-bond donors (Lipinski definition) is 0. The monoisotopic (exact) mass is 268 g/mol. The normalized spacial score (nSPS) is 15.0. The van der Waals surface area contributed by atoms with E-state index in [1.165, 1.54) is 0 Å². The molecule has 0 saturated carbocycles. The van der Waals surface area contributed by atoms with E-state index in [9.17, 15) is 4.79 Å². The van der Waals surface area contributed by atoms with Gasteiger partial charge in [0.15, 0.2) is 0 Å². The van der Waals surface area contributed by atoms with Gasteiger partial charge in [-0.05, 0) is 18.1 Å². The fourth-order valence-corrected chi connectivity index (χ4v) is 2.26. The second kappa shape index (κ2) is 5.74. The van der Waals surface area contributed by atoms with E-state index < -0.39 is 0 Å². The summed E-state index contributed by atoms with van der Waals surface area (Å²) in [6.07, 6.45) is 2.48. The van der Waals surface area contributed by atoms with Crippen LogP contribution in [0.1, 0.15) is 12.1 Å². The Morgan fingerprint density at radius 1 is 1.10 bits per heavy atom. The van der Waals surface area contributed by atoms with Crippen molar-refractivity contribution in [2.45, 2.75) is 13.0 Å². The molecular weight excluding hydrogens is 252 g/mol. The third kappa shape index (κ3) is 2.79. The van der Waals surface area contributed by atoms with Gasteiger partial charge in [0.25, 0.3) is 0 Å². The summed E-state index contributed by atoms with van der Waals surface area (Å²) in [7, 11) is 0. The number of nitrogens with zero attached hydrogens (tertiary/aromatic N) is 2. The number of amides is 1. The lowest BCUT2D eigenvalue weighted by Crippen LogP contribution is -2.37. The topological polar surface area (TPSA) is 42.4 Å². The van der Waals surface area contributed by atoms with Crippen LogP contribution in [0.5, 0.6) is 0 Å². The molecule has 1 amide bonds. The Balaban J connectivity index is 1.72. The maximum absolute atomic E-state index is 11.6. The number of cyclic esters (lactones) is 1. The van der Waals surface area contributed by atoms with E-state index in [1.807, 2.05) is 36.5 Å². The fraction of sp³-hybridized carbons (Fsp3) is 0.250. The first-order valence-electron chi connectivity index (χ1n) is 6.75. The molecule has 0 atom stereocenters. The summed E-state index contributed by atoms with van der Waals surface area (Å²) >= 11 is 0. The lowest BCUT2D eigenvalue weighted by Gasteiger charge is -2.25. The molecule has 1 aromatic carbocycles. The lowest BCUT2D eigenvalue weighted by molar-refractivity contribution is 0.0695. The minimum absolute atomic E-state index is 0.245. The van der Waals surface area contributed by atoms with Crippen molar-refractivity contribution >= 4 is 6.09 Å². The maximum atomic E-state index is 11.6. The summed E-state index contributed by atoms with van der Waals surface area (Å²) in [4.78, 5) is 17.7. The molecule has 1 aromatic heterocycles. The van der Waals surface area contributed by atoms with Gasteiger partial charge in [0, 0.05) is 18.3 Å². The molecule has 4 heteroatoms. The minimum atomic E-state index is -0.245. The molecule has 1 aliphatic rings. The van der Waals surface area contributed by atoms with Crippen molar-refractivity contribution in [1.29, 1.82) is 0 Å². The Labute approximate surface area is 118 Å². The van der Waals surface area contributed by atoms with Gasteiger partial charge in [-0.15, -0.1) is 0 Å². The highest BCUT2D eigenvalue weighted by atomic mass is 16.6. The molecule has 0 spiro atoms. The SMILES string of the molecule is O=C1OCCCN1Cc1ccc(-c2ccccc2)cn1. The van der Waals surface area contributed by atoms with Gasteiger partial charge in [-0.3, -0.25) is 4.98 Å². The fourth-order valence-electron chi connectivity index (χ4n) is 2.26. The van der Waals surface area contributed by atoms with Crippen molar-refractivity contribution in [2.24, 2.45) is 0 Å². The van der Waals surface area contributed by atoms with Crippen LogP contribution < -0.4 is 0 Å². The molecule has 102 valence electrons. The van der Waals surface area contributed by atoms with Gasteiger partial charge in [0.2, 0.25) is 0 Å².